The molecule has 340 valence electrons. The molecule has 2 aliphatic carbocycles. The summed E-state index contributed by atoms with van der Waals surface area (Å²) >= 11 is 0. The number of carbonyl (C=O) groups is 6. The zero-order valence-electron chi connectivity index (χ0n) is 36.5. The zero-order chi connectivity index (χ0) is 46.5. The molecule has 15 nitrogen and oxygen atoms in total. The average Bonchev–Trinajstić information content (AvgIpc) is 3.83. The normalized spacial score (nSPS) is 14.3. The second-order valence-electron chi connectivity index (χ2n) is 15.5. The van der Waals surface area contributed by atoms with E-state index in [1.54, 1.807) is 4.90 Å². The van der Waals surface area contributed by atoms with Crippen molar-refractivity contribution >= 4 is 36.0 Å². The fourth-order valence-corrected chi connectivity index (χ4v) is 8.16. The van der Waals surface area contributed by atoms with E-state index in [4.69, 9.17) is 23.7 Å². The van der Waals surface area contributed by atoms with Crippen molar-refractivity contribution < 1.29 is 57.6 Å². The van der Waals surface area contributed by atoms with Gasteiger partial charge in [-0.1, -0.05) is 122 Å². The Bertz CT molecular complexity index is 2300. The molecule has 3 aliphatic rings. The van der Waals surface area contributed by atoms with Crippen molar-refractivity contribution in [3.63, 3.8) is 0 Å². The molecule has 0 unspecified atom stereocenters. The fourth-order valence-electron chi connectivity index (χ4n) is 8.16. The Morgan fingerprint density at radius 1 is 0.615 bits per heavy atom. The average molecular weight is 888 g/mol. The molecule has 0 radical (unpaired) electrons. The van der Waals surface area contributed by atoms with E-state index in [1.165, 1.54) is 31.1 Å². The largest absolute Gasteiger partial charge is 0.480 e. The number of fused-ring (bicyclic) bond motifs is 6. The first-order chi connectivity index (χ1) is 31.4. The van der Waals surface area contributed by atoms with Crippen molar-refractivity contribution in [3.8, 4) is 22.3 Å². The first-order valence-corrected chi connectivity index (χ1v) is 21.2. The number of aliphatic carboxylic acids is 1. The number of carboxylic acids is 1. The van der Waals surface area contributed by atoms with Crippen molar-refractivity contribution in [3.05, 3.63) is 145 Å². The van der Waals surface area contributed by atoms with Crippen LogP contribution in [0.5, 0.6) is 0 Å². The number of nitrogens with zero attached hydrogens (tertiary/aromatic N) is 3. The molecule has 3 amide bonds. The predicted octanol–water partition coefficient (Wildman–Crippen LogP) is 6.65. The highest BCUT2D eigenvalue weighted by atomic mass is 16.6. The van der Waals surface area contributed by atoms with E-state index >= 15 is 0 Å². The van der Waals surface area contributed by atoms with Crippen LogP contribution in [0.2, 0.25) is 0 Å². The van der Waals surface area contributed by atoms with Gasteiger partial charge in [-0.15, -0.1) is 0 Å². The number of hydrogen-bond acceptors (Lipinski definition) is 11. The quantitative estimate of drug-likeness (QED) is 0.0721. The highest BCUT2D eigenvalue weighted by Gasteiger charge is 2.37. The Morgan fingerprint density at radius 3 is 1.34 bits per heavy atom. The molecule has 1 fully saturated rings. The maximum absolute atomic E-state index is 13.2. The van der Waals surface area contributed by atoms with Crippen molar-refractivity contribution in [1.29, 1.82) is 0 Å². The van der Waals surface area contributed by atoms with Crippen LogP contribution < -0.4 is 0 Å². The first kappa shape index (κ1) is 47.2. The zero-order valence-corrected chi connectivity index (χ0v) is 36.5. The lowest BCUT2D eigenvalue weighted by atomic mass is 9.98. The first-order valence-electron chi connectivity index (χ1n) is 21.2. The van der Waals surface area contributed by atoms with Gasteiger partial charge >= 0.3 is 30.1 Å². The third-order valence-corrected chi connectivity index (χ3v) is 11.5. The van der Waals surface area contributed by atoms with E-state index in [9.17, 15) is 33.9 Å². The van der Waals surface area contributed by atoms with Gasteiger partial charge in [0.15, 0.2) is 0 Å². The van der Waals surface area contributed by atoms with Crippen molar-refractivity contribution in [1.82, 2.24) is 14.7 Å². The second-order valence-corrected chi connectivity index (χ2v) is 15.5. The van der Waals surface area contributed by atoms with E-state index in [2.05, 4.69) is 25.3 Å². The minimum Gasteiger partial charge on any atom is -0.480 e. The maximum atomic E-state index is 13.2. The summed E-state index contributed by atoms with van der Waals surface area (Å²) in [5.41, 5.74) is 8.74. The minimum absolute atomic E-state index is 0.0279. The van der Waals surface area contributed by atoms with Gasteiger partial charge in [0, 0.05) is 39.0 Å². The number of likely N-dealkylation sites (N-methyl/N-ethyl adjacent to an activating group) is 2. The number of carboxylic acid groups (broad SMARTS) is 1. The van der Waals surface area contributed by atoms with E-state index in [-0.39, 0.29) is 50.6 Å². The molecule has 0 bridgehead atoms. The summed E-state index contributed by atoms with van der Waals surface area (Å²) in [5.74, 6) is -3.22. The molecule has 1 N–H and O–H groups in total. The Hall–Kier alpha value is -7.26. The molecular weight excluding hydrogens is 835 g/mol. The lowest BCUT2D eigenvalue weighted by molar-refractivity contribution is -0.151. The minimum atomic E-state index is -1.39. The van der Waals surface area contributed by atoms with Gasteiger partial charge in [0.25, 0.3) is 0 Å². The molecule has 65 heavy (non-hydrogen) atoms. The Morgan fingerprint density at radius 2 is 0.969 bits per heavy atom. The molecule has 1 heterocycles. The van der Waals surface area contributed by atoms with Crippen LogP contribution in [0.1, 0.15) is 46.9 Å². The number of ether oxygens (including phenoxy) is 5. The number of amides is 3. The second kappa shape index (κ2) is 22.4. The van der Waals surface area contributed by atoms with Crippen LogP contribution in [0.25, 0.3) is 22.3 Å². The van der Waals surface area contributed by atoms with Crippen LogP contribution in [0.4, 0.5) is 9.59 Å². The van der Waals surface area contributed by atoms with Gasteiger partial charge in [-0.3, -0.25) is 24.2 Å². The maximum Gasteiger partial charge on any atom is 0.410 e. The molecule has 1 aliphatic heterocycles. The molecule has 0 saturated carbocycles. The van der Waals surface area contributed by atoms with Crippen LogP contribution in [-0.4, -0.2) is 135 Å². The SMILES string of the molecule is C=CCOC(=O)C[C@@H](C(=O)N1CCOCC1)N(C)C(=O)OCC1c2ccccc2-c2ccccc21.C=CCOC(=O)C[C@@H](C(=O)O)N(C)C(=O)OCC1c2ccccc2-c2ccccc21. The summed E-state index contributed by atoms with van der Waals surface area (Å²) in [4.78, 5) is 78.2. The summed E-state index contributed by atoms with van der Waals surface area (Å²) in [6, 6.07) is 29.5. The van der Waals surface area contributed by atoms with E-state index in [0.717, 1.165) is 49.4 Å². The number of morpholine rings is 1. The topological polar surface area (TPSA) is 179 Å². The lowest BCUT2D eigenvalue weighted by Crippen LogP contribution is -2.53. The highest BCUT2D eigenvalue weighted by molar-refractivity contribution is 5.90. The number of esters is 2. The van der Waals surface area contributed by atoms with Crippen LogP contribution in [0, 0.1) is 0 Å². The summed E-state index contributed by atoms with van der Waals surface area (Å²) in [5, 5.41) is 9.43. The van der Waals surface area contributed by atoms with Crippen molar-refractivity contribution in [2.45, 2.75) is 36.8 Å². The van der Waals surface area contributed by atoms with Gasteiger partial charge in [-0.2, -0.15) is 0 Å². The molecule has 15 heteroatoms. The van der Waals surface area contributed by atoms with Crippen LogP contribution >= 0.6 is 0 Å². The number of rotatable bonds is 16. The summed E-state index contributed by atoms with van der Waals surface area (Å²) < 4.78 is 26.4. The van der Waals surface area contributed by atoms with Crippen LogP contribution in [0.15, 0.2) is 122 Å². The molecule has 4 aromatic carbocycles. The van der Waals surface area contributed by atoms with E-state index in [0.29, 0.717) is 26.3 Å². The van der Waals surface area contributed by atoms with Gasteiger partial charge in [-0.25, -0.2) is 14.4 Å². The van der Waals surface area contributed by atoms with Gasteiger partial charge in [0.1, 0.15) is 38.5 Å². The molecule has 4 aromatic rings. The van der Waals surface area contributed by atoms with Crippen LogP contribution in [0.3, 0.4) is 0 Å². The third-order valence-electron chi connectivity index (χ3n) is 11.5. The fraction of sp³-hybridized carbons (Fsp3) is 0.320. The van der Waals surface area contributed by atoms with Crippen LogP contribution in [-0.2, 0) is 42.9 Å². The molecule has 0 aromatic heterocycles. The smallest absolute Gasteiger partial charge is 0.410 e. The third kappa shape index (κ3) is 11.3. The molecule has 2 atom stereocenters. The van der Waals surface area contributed by atoms with Gasteiger partial charge in [-0.05, 0) is 44.5 Å². The molecule has 7 rings (SSSR count). The number of carbonyl (C=O) groups excluding carboxylic acids is 5. The molecular formula is C50H53N3O12. The number of hydrogen-bond donors (Lipinski definition) is 1. The van der Waals surface area contributed by atoms with Gasteiger partial charge < -0.3 is 33.7 Å². The number of benzene rings is 4. The van der Waals surface area contributed by atoms with E-state index in [1.807, 2.05) is 84.9 Å². The van der Waals surface area contributed by atoms with Crippen molar-refractivity contribution in [2.75, 3.05) is 66.8 Å². The highest BCUT2D eigenvalue weighted by Crippen LogP contribution is 2.45. The summed E-state index contributed by atoms with van der Waals surface area (Å²) in [6.07, 6.45) is 0.583. The Balaban J connectivity index is 0.000000218. The monoisotopic (exact) mass is 887 g/mol. The Labute approximate surface area is 377 Å². The van der Waals surface area contributed by atoms with Gasteiger partial charge in [0.2, 0.25) is 5.91 Å². The standard InChI is InChI=1S/C27H30N2O6.C23H23NO6/c1-3-14-34-25(30)17-24(26(31)29-12-15-33-16-13-29)28(2)27(32)35-18-23-21-10-6-4-8-19(21)20-9-5-7-11-22(20)23;1-3-12-29-21(25)13-20(22(26)27)24(2)23(28)30-14-19-17-10-6-4-8-15(17)16-9-5-7-11-18(16)19/h3-11,23-24H,1,12-18H2,2H3;3-11,19-20H,1,12-14H2,2H3,(H,26,27)/t24-;20-/m00/s1. The lowest BCUT2D eigenvalue weighted by Gasteiger charge is -2.33. The molecule has 0 spiro atoms. The van der Waals surface area contributed by atoms with Gasteiger partial charge in [0.05, 0.1) is 26.1 Å². The molecule has 1 saturated heterocycles. The summed E-state index contributed by atoms with van der Waals surface area (Å²) in [6.45, 7) is 8.76. The van der Waals surface area contributed by atoms with E-state index < -0.39 is 48.6 Å². The Kier molecular flexibility index (Phi) is 16.3. The predicted molar refractivity (Wildman–Crippen MR) is 240 cm³/mol. The summed E-state index contributed by atoms with van der Waals surface area (Å²) in [7, 11) is 2.76. The van der Waals surface area contributed by atoms with Crippen molar-refractivity contribution in [2.24, 2.45) is 0 Å².